The van der Waals surface area contributed by atoms with Gasteiger partial charge in [0.25, 0.3) is 0 Å². The van der Waals surface area contributed by atoms with Crippen LogP contribution < -0.4 is 0 Å². The Morgan fingerprint density at radius 1 is 1.42 bits per heavy atom. The van der Waals surface area contributed by atoms with Crippen molar-refractivity contribution in [1.82, 2.24) is 4.90 Å². The van der Waals surface area contributed by atoms with Gasteiger partial charge in [-0.15, -0.1) is 6.58 Å². The molecule has 126 valence electrons. The molecule has 2 atom stereocenters. The van der Waals surface area contributed by atoms with Crippen molar-refractivity contribution in [3.63, 3.8) is 0 Å². The molecule has 1 heterocycles. The van der Waals surface area contributed by atoms with Crippen molar-refractivity contribution in [2.45, 2.75) is 45.3 Å². The lowest BCUT2D eigenvalue weighted by atomic mass is 9.97. The number of amides is 2. The number of rotatable bonds is 3. The zero-order chi connectivity index (χ0) is 17.9. The normalized spacial score (nSPS) is 20.6. The molecule has 0 spiro atoms. The maximum absolute atomic E-state index is 12.7. The molecule has 5 heteroatoms. The zero-order valence-electron chi connectivity index (χ0n) is 14.3. The summed E-state index contributed by atoms with van der Waals surface area (Å²) in [6.45, 7) is 8.99. The molecule has 0 aliphatic carbocycles. The highest BCUT2D eigenvalue weighted by Crippen LogP contribution is 2.39. The van der Waals surface area contributed by atoms with Gasteiger partial charge in [0.1, 0.15) is 5.60 Å². The number of carbonyl (C=O) groups excluding carboxylic acids is 2. The maximum atomic E-state index is 12.7. The van der Waals surface area contributed by atoms with Crippen molar-refractivity contribution in [2.24, 2.45) is 5.92 Å². The molecule has 5 nitrogen and oxygen atoms in total. The number of likely N-dealkylation sites (tertiary alicyclic amines) is 1. The lowest BCUT2D eigenvalue weighted by Gasteiger charge is -2.27. The van der Waals surface area contributed by atoms with E-state index in [0.29, 0.717) is 18.4 Å². The van der Waals surface area contributed by atoms with E-state index in [1.165, 1.54) is 4.90 Å². The van der Waals surface area contributed by atoms with Crippen LogP contribution in [0.25, 0.3) is 0 Å². The van der Waals surface area contributed by atoms with Crippen molar-refractivity contribution in [2.75, 3.05) is 0 Å². The first-order valence-electron chi connectivity index (χ1n) is 7.94. The number of benzene rings is 1. The Labute approximate surface area is 142 Å². The molecule has 1 saturated heterocycles. The Hall–Kier alpha value is -2.61. The standard InChI is InChI=1S/C19H22N2O3/c1-5-6-15-11-16(14-9-7-13(12-20)8-10-14)21(17(15)22)18(23)24-19(2,3)4/h5,7-10,15-16H,1,6,11H2,2-4H3. The molecule has 2 rings (SSSR count). The van der Waals surface area contributed by atoms with Gasteiger partial charge in [0.05, 0.1) is 17.7 Å². The third-order valence-electron chi connectivity index (χ3n) is 3.87. The summed E-state index contributed by atoms with van der Waals surface area (Å²) in [6.07, 6.45) is 2.10. The summed E-state index contributed by atoms with van der Waals surface area (Å²) in [6, 6.07) is 8.62. The highest BCUT2D eigenvalue weighted by atomic mass is 16.6. The van der Waals surface area contributed by atoms with E-state index in [4.69, 9.17) is 10.00 Å². The first-order chi connectivity index (χ1) is 11.3. The molecule has 2 amide bonds. The molecule has 1 aromatic rings. The van der Waals surface area contributed by atoms with Gasteiger partial charge in [0, 0.05) is 5.92 Å². The molecule has 1 aliphatic rings. The van der Waals surface area contributed by atoms with Gasteiger partial charge in [-0.25, -0.2) is 9.69 Å². The van der Waals surface area contributed by atoms with Gasteiger partial charge in [0.15, 0.2) is 0 Å². The lowest BCUT2D eigenvalue weighted by molar-refractivity contribution is -0.131. The molecular formula is C19H22N2O3. The van der Waals surface area contributed by atoms with E-state index < -0.39 is 11.7 Å². The summed E-state index contributed by atoms with van der Waals surface area (Å²) in [5.74, 6) is -0.519. The van der Waals surface area contributed by atoms with Gasteiger partial charge in [-0.05, 0) is 51.3 Å². The largest absolute Gasteiger partial charge is 0.443 e. The van der Waals surface area contributed by atoms with Crippen LogP contribution >= 0.6 is 0 Å². The minimum Gasteiger partial charge on any atom is -0.443 e. The molecule has 0 aromatic heterocycles. The van der Waals surface area contributed by atoms with Crippen molar-refractivity contribution >= 4 is 12.0 Å². The third kappa shape index (κ3) is 3.83. The van der Waals surface area contributed by atoms with E-state index in [1.807, 2.05) is 0 Å². The predicted molar refractivity (Wildman–Crippen MR) is 89.9 cm³/mol. The van der Waals surface area contributed by atoms with Gasteiger partial charge in [-0.2, -0.15) is 5.26 Å². The van der Waals surface area contributed by atoms with Gasteiger partial charge < -0.3 is 4.74 Å². The summed E-state index contributed by atoms with van der Waals surface area (Å²) in [4.78, 5) is 26.4. The summed E-state index contributed by atoms with van der Waals surface area (Å²) < 4.78 is 5.40. The van der Waals surface area contributed by atoms with Gasteiger partial charge in [-0.3, -0.25) is 4.79 Å². The third-order valence-corrected chi connectivity index (χ3v) is 3.87. The Balaban J connectivity index is 2.34. The number of ether oxygens (including phenoxy) is 1. The number of carbonyl (C=O) groups is 2. The van der Waals surface area contributed by atoms with E-state index in [0.717, 1.165) is 5.56 Å². The van der Waals surface area contributed by atoms with Crippen molar-refractivity contribution in [3.8, 4) is 6.07 Å². The number of nitrogens with zero attached hydrogens (tertiary/aromatic N) is 2. The topological polar surface area (TPSA) is 70.4 Å². The minimum absolute atomic E-state index is 0.237. The average molecular weight is 326 g/mol. The SMILES string of the molecule is C=CCC1CC(c2ccc(C#N)cc2)N(C(=O)OC(C)(C)C)C1=O. The van der Waals surface area contributed by atoms with E-state index in [-0.39, 0.29) is 17.9 Å². The summed E-state index contributed by atoms with van der Waals surface area (Å²) in [7, 11) is 0. The van der Waals surface area contributed by atoms with Crippen LogP contribution in [0.2, 0.25) is 0 Å². The second-order valence-corrected chi connectivity index (χ2v) is 6.90. The molecular weight excluding hydrogens is 304 g/mol. The molecule has 0 radical (unpaired) electrons. The van der Waals surface area contributed by atoms with Crippen molar-refractivity contribution in [1.29, 1.82) is 5.26 Å². The number of hydrogen-bond acceptors (Lipinski definition) is 4. The van der Waals surface area contributed by atoms with Gasteiger partial charge >= 0.3 is 6.09 Å². The second kappa shape index (κ2) is 6.88. The number of allylic oxidation sites excluding steroid dienone is 1. The Kier molecular flexibility index (Phi) is 5.08. The van der Waals surface area contributed by atoms with Crippen molar-refractivity contribution < 1.29 is 14.3 Å². The fourth-order valence-electron chi connectivity index (χ4n) is 2.82. The first kappa shape index (κ1) is 17.7. The summed E-state index contributed by atoms with van der Waals surface area (Å²) in [5, 5.41) is 8.92. The zero-order valence-corrected chi connectivity index (χ0v) is 14.3. The van der Waals surface area contributed by atoms with Gasteiger partial charge in [-0.1, -0.05) is 18.2 Å². The molecule has 0 bridgehead atoms. The van der Waals surface area contributed by atoms with E-state index in [9.17, 15) is 9.59 Å². The van der Waals surface area contributed by atoms with Crippen LogP contribution in [-0.2, 0) is 9.53 Å². The molecule has 2 unspecified atom stereocenters. The van der Waals surface area contributed by atoms with E-state index in [2.05, 4.69) is 12.6 Å². The monoisotopic (exact) mass is 326 g/mol. The predicted octanol–water partition coefficient (Wildman–Crippen LogP) is 3.96. The molecule has 1 fully saturated rings. The Bertz CT molecular complexity index is 680. The maximum Gasteiger partial charge on any atom is 0.417 e. The van der Waals surface area contributed by atoms with Crippen LogP contribution in [0, 0.1) is 17.2 Å². The summed E-state index contributed by atoms with van der Waals surface area (Å²) in [5.41, 5.74) is 0.678. The van der Waals surface area contributed by atoms with Gasteiger partial charge in [0.2, 0.25) is 5.91 Å². The molecule has 1 aromatic carbocycles. The number of hydrogen-bond donors (Lipinski definition) is 0. The first-order valence-corrected chi connectivity index (χ1v) is 7.94. The lowest BCUT2D eigenvalue weighted by Crippen LogP contribution is -2.39. The minimum atomic E-state index is -0.677. The summed E-state index contributed by atoms with van der Waals surface area (Å²) >= 11 is 0. The van der Waals surface area contributed by atoms with E-state index >= 15 is 0 Å². The second-order valence-electron chi connectivity index (χ2n) is 6.90. The van der Waals surface area contributed by atoms with Crippen LogP contribution in [0.1, 0.15) is 50.8 Å². The smallest absolute Gasteiger partial charge is 0.417 e. The van der Waals surface area contributed by atoms with E-state index in [1.54, 1.807) is 51.1 Å². The van der Waals surface area contributed by atoms with Crippen LogP contribution in [0.15, 0.2) is 36.9 Å². The average Bonchev–Trinajstić information content (AvgIpc) is 2.83. The molecule has 1 aliphatic heterocycles. The highest BCUT2D eigenvalue weighted by molar-refractivity contribution is 5.96. The van der Waals surface area contributed by atoms with Crippen LogP contribution in [0.3, 0.4) is 0 Å². The molecule has 0 saturated carbocycles. The Morgan fingerprint density at radius 3 is 2.54 bits per heavy atom. The van der Waals surface area contributed by atoms with Crippen molar-refractivity contribution in [3.05, 3.63) is 48.0 Å². The van der Waals surface area contributed by atoms with Crippen LogP contribution in [0.4, 0.5) is 4.79 Å². The number of nitriles is 1. The fraction of sp³-hybridized carbons (Fsp3) is 0.421. The van der Waals surface area contributed by atoms with Crippen LogP contribution in [-0.4, -0.2) is 22.5 Å². The molecule has 0 N–H and O–H groups in total. The van der Waals surface area contributed by atoms with Crippen LogP contribution in [0.5, 0.6) is 0 Å². The quantitative estimate of drug-likeness (QED) is 0.788. The highest BCUT2D eigenvalue weighted by Gasteiger charge is 2.44. The molecule has 24 heavy (non-hydrogen) atoms. The Morgan fingerprint density at radius 2 is 2.04 bits per heavy atom. The fourth-order valence-corrected chi connectivity index (χ4v) is 2.82. The number of imide groups is 1.